The summed E-state index contributed by atoms with van der Waals surface area (Å²) >= 11 is 3.73. The molecule has 0 fully saturated rings. The summed E-state index contributed by atoms with van der Waals surface area (Å²) in [6.07, 6.45) is 0. The largest absolute Gasteiger partial charge is 0.0836 e. The lowest BCUT2D eigenvalue weighted by atomic mass is 9.99. The first-order chi connectivity index (χ1) is 8.18. The van der Waals surface area contributed by atoms with Crippen LogP contribution in [0, 0.1) is 5.92 Å². The van der Waals surface area contributed by atoms with Crippen LogP contribution in [0.2, 0.25) is 0 Å². The topological polar surface area (TPSA) is 0 Å². The maximum atomic E-state index is 3.73. The number of rotatable bonds is 3. The van der Waals surface area contributed by atoms with Crippen LogP contribution in [0.1, 0.15) is 24.2 Å². The van der Waals surface area contributed by atoms with Gasteiger partial charge in [0.1, 0.15) is 0 Å². The molecule has 0 aliphatic rings. The molecule has 0 saturated heterocycles. The van der Waals surface area contributed by atoms with Gasteiger partial charge in [-0.1, -0.05) is 84.4 Å². The Kier molecular flexibility index (Phi) is 4.01. The third kappa shape index (κ3) is 2.98. The minimum absolute atomic E-state index is 0.437. The third-order valence-corrected chi connectivity index (χ3v) is 4.51. The number of alkyl halides is 1. The van der Waals surface area contributed by atoms with Gasteiger partial charge in [-0.2, -0.15) is 0 Å². The summed E-state index contributed by atoms with van der Waals surface area (Å²) in [5, 5.41) is 0. The SMILES string of the molecule is CC(C)C(Br)c1ccc(-c2ccccc2)cc1. The summed E-state index contributed by atoms with van der Waals surface area (Å²) in [5.41, 5.74) is 3.90. The molecule has 1 atom stereocenters. The molecule has 0 spiro atoms. The fourth-order valence-corrected chi connectivity index (χ4v) is 2.18. The first-order valence-electron chi connectivity index (χ1n) is 5.98. The standard InChI is InChI=1S/C16H17Br/c1-12(2)16(17)15-10-8-14(9-11-15)13-6-4-3-5-7-13/h3-12,16H,1-2H3. The van der Waals surface area contributed by atoms with Crippen molar-refractivity contribution in [1.82, 2.24) is 0 Å². The Morgan fingerprint density at radius 3 is 1.82 bits per heavy atom. The molecular formula is C16H17Br. The van der Waals surface area contributed by atoms with E-state index in [1.165, 1.54) is 16.7 Å². The lowest BCUT2D eigenvalue weighted by Gasteiger charge is -2.14. The van der Waals surface area contributed by atoms with Crippen molar-refractivity contribution in [3.8, 4) is 11.1 Å². The van der Waals surface area contributed by atoms with E-state index in [0.717, 1.165) is 0 Å². The fourth-order valence-electron chi connectivity index (χ4n) is 1.87. The van der Waals surface area contributed by atoms with E-state index in [1.807, 2.05) is 6.07 Å². The smallest absolute Gasteiger partial charge is 0.0418 e. The summed E-state index contributed by atoms with van der Waals surface area (Å²) in [7, 11) is 0. The lowest BCUT2D eigenvalue weighted by molar-refractivity contribution is 0.641. The highest BCUT2D eigenvalue weighted by atomic mass is 79.9. The van der Waals surface area contributed by atoms with Crippen molar-refractivity contribution in [2.24, 2.45) is 5.92 Å². The number of hydrogen-bond donors (Lipinski definition) is 0. The van der Waals surface area contributed by atoms with Gasteiger partial charge in [0.2, 0.25) is 0 Å². The molecule has 2 rings (SSSR count). The first-order valence-corrected chi connectivity index (χ1v) is 6.89. The average molecular weight is 289 g/mol. The van der Waals surface area contributed by atoms with E-state index < -0.39 is 0 Å². The van der Waals surface area contributed by atoms with Gasteiger partial charge in [-0.3, -0.25) is 0 Å². The highest BCUT2D eigenvalue weighted by Crippen LogP contribution is 2.31. The maximum absolute atomic E-state index is 3.73. The first kappa shape index (κ1) is 12.4. The van der Waals surface area contributed by atoms with E-state index in [-0.39, 0.29) is 0 Å². The Hall–Kier alpha value is -1.08. The minimum Gasteiger partial charge on any atom is -0.0836 e. The van der Waals surface area contributed by atoms with Crippen molar-refractivity contribution in [2.45, 2.75) is 18.7 Å². The van der Waals surface area contributed by atoms with Gasteiger partial charge in [-0.15, -0.1) is 0 Å². The van der Waals surface area contributed by atoms with Crippen LogP contribution in [0.15, 0.2) is 54.6 Å². The summed E-state index contributed by atoms with van der Waals surface area (Å²) in [5.74, 6) is 0.609. The normalized spacial score (nSPS) is 12.7. The van der Waals surface area contributed by atoms with Crippen LogP contribution in [0.3, 0.4) is 0 Å². The molecule has 1 heteroatoms. The van der Waals surface area contributed by atoms with Crippen molar-refractivity contribution in [3.63, 3.8) is 0 Å². The van der Waals surface area contributed by atoms with Gasteiger partial charge in [0, 0.05) is 4.83 Å². The molecule has 1 unspecified atom stereocenters. The molecule has 0 bridgehead atoms. The molecule has 0 N–H and O–H groups in total. The Bertz CT molecular complexity index is 457. The van der Waals surface area contributed by atoms with Gasteiger partial charge >= 0.3 is 0 Å². The van der Waals surface area contributed by atoms with Crippen molar-refractivity contribution in [2.75, 3.05) is 0 Å². The molecule has 2 aromatic rings. The molecule has 2 aromatic carbocycles. The zero-order chi connectivity index (χ0) is 12.3. The van der Waals surface area contributed by atoms with Crippen molar-refractivity contribution in [1.29, 1.82) is 0 Å². The summed E-state index contributed by atoms with van der Waals surface area (Å²) in [6, 6.07) is 19.3. The van der Waals surface area contributed by atoms with Crippen molar-refractivity contribution < 1.29 is 0 Å². The Labute approximate surface area is 112 Å². The Morgan fingerprint density at radius 2 is 1.29 bits per heavy atom. The van der Waals surface area contributed by atoms with E-state index >= 15 is 0 Å². The molecule has 17 heavy (non-hydrogen) atoms. The minimum atomic E-state index is 0.437. The molecule has 0 heterocycles. The van der Waals surface area contributed by atoms with Crippen LogP contribution in [0.4, 0.5) is 0 Å². The molecule has 0 amide bonds. The molecule has 0 nitrogen and oxygen atoms in total. The molecular weight excluding hydrogens is 272 g/mol. The van der Waals surface area contributed by atoms with E-state index in [4.69, 9.17) is 0 Å². The zero-order valence-electron chi connectivity index (χ0n) is 10.2. The van der Waals surface area contributed by atoms with Gasteiger partial charge in [0.15, 0.2) is 0 Å². The molecule has 0 saturated carbocycles. The fraction of sp³-hybridized carbons (Fsp3) is 0.250. The van der Waals surface area contributed by atoms with Gasteiger partial charge in [-0.05, 0) is 22.6 Å². The predicted octanol–water partition coefficient (Wildman–Crippen LogP) is 5.45. The second-order valence-corrected chi connectivity index (χ2v) is 5.62. The average Bonchev–Trinajstić information content (AvgIpc) is 2.39. The second kappa shape index (κ2) is 5.50. The summed E-state index contributed by atoms with van der Waals surface area (Å²) in [4.78, 5) is 0.437. The summed E-state index contributed by atoms with van der Waals surface area (Å²) in [6.45, 7) is 4.45. The maximum Gasteiger partial charge on any atom is 0.0418 e. The van der Waals surface area contributed by atoms with E-state index in [2.05, 4.69) is 78.3 Å². The highest BCUT2D eigenvalue weighted by Gasteiger charge is 2.11. The van der Waals surface area contributed by atoms with E-state index in [9.17, 15) is 0 Å². The van der Waals surface area contributed by atoms with Crippen LogP contribution >= 0.6 is 15.9 Å². The van der Waals surface area contributed by atoms with Crippen LogP contribution in [-0.2, 0) is 0 Å². The van der Waals surface area contributed by atoms with Gasteiger partial charge in [0.05, 0.1) is 0 Å². The van der Waals surface area contributed by atoms with Crippen LogP contribution in [-0.4, -0.2) is 0 Å². The van der Waals surface area contributed by atoms with E-state index in [0.29, 0.717) is 10.7 Å². The molecule has 0 radical (unpaired) electrons. The van der Waals surface area contributed by atoms with E-state index in [1.54, 1.807) is 0 Å². The highest BCUT2D eigenvalue weighted by molar-refractivity contribution is 9.09. The van der Waals surface area contributed by atoms with Crippen LogP contribution < -0.4 is 0 Å². The molecule has 0 aliphatic heterocycles. The van der Waals surface area contributed by atoms with Crippen molar-refractivity contribution >= 4 is 15.9 Å². The number of hydrogen-bond acceptors (Lipinski definition) is 0. The van der Waals surface area contributed by atoms with Gasteiger partial charge in [0.25, 0.3) is 0 Å². The van der Waals surface area contributed by atoms with Gasteiger partial charge in [-0.25, -0.2) is 0 Å². The number of halogens is 1. The quantitative estimate of drug-likeness (QED) is 0.659. The lowest BCUT2D eigenvalue weighted by Crippen LogP contribution is -1.98. The Balaban J connectivity index is 2.25. The van der Waals surface area contributed by atoms with Crippen LogP contribution in [0.5, 0.6) is 0 Å². The monoisotopic (exact) mass is 288 g/mol. The predicted molar refractivity (Wildman–Crippen MR) is 78.4 cm³/mol. The Morgan fingerprint density at radius 1 is 0.765 bits per heavy atom. The summed E-state index contributed by atoms with van der Waals surface area (Å²) < 4.78 is 0. The van der Waals surface area contributed by atoms with Crippen molar-refractivity contribution in [3.05, 3.63) is 60.2 Å². The molecule has 88 valence electrons. The number of benzene rings is 2. The second-order valence-electron chi connectivity index (χ2n) is 4.63. The molecule has 0 aliphatic carbocycles. The molecule has 0 aromatic heterocycles. The zero-order valence-corrected chi connectivity index (χ0v) is 11.8. The third-order valence-electron chi connectivity index (χ3n) is 2.92. The van der Waals surface area contributed by atoms with Gasteiger partial charge < -0.3 is 0 Å². The van der Waals surface area contributed by atoms with Crippen LogP contribution in [0.25, 0.3) is 11.1 Å².